The molecule has 0 bridgehead atoms. The third kappa shape index (κ3) is 3.40. The van der Waals surface area contributed by atoms with E-state index in [1.807, 2.05) is 66.1 Å². The second-order valence-electron chi connectivity index (χ2n) is 6.69. The fraction of sp³-hybridized carbons (Fsp3) is 0.0870. The number of para-hydroxylation sites is 1. The molecule has 0 aliphatic carbocycles. The summed E-state index contributed by atoms with van der Waals surface area (Å²) >= 11 is 1.42. The molecule has 2 aromatic heterocycles. The third-order valence-electron chi connectivity index (χ3n) is 4.74. The maximum atomic E-state index is 12.8. The van der Waals surface area contributed by atoms with Crippen LogP contribution in [0.1, 0.15) is 17.3 Å². The Labute approximate surface area is 176 Å². The van der Waals surface area contributed by atoms with E-state index in [0.29, 0.717) is 17.3 Å². The monoisotopic (exact) mass is 414 g/mol. The van der Waals surface area contributed by atoms with Crippen molar-refractivity contribution in [2.24, 2.45) is 0 Å². The van der Waals surface area contributed by atoms with Gasteiger partial charge in [0.25, 0.3) is 5.91 Å². The van der Waals surface area contributed by atoms with E-state index in [0.717, 1.165) is 32.7 Å². The highest BCUT2D eigenvalue weighted by molar-refractivity contribution is 7.22. The van der Waals surface area contributed by atoms with Crippen LogP contribution in [0.25, 0.3) is 26.9 Å². The van der Waals surface area contributed by atoms with Crippen LogP contribution in [-0.2, 0) is 0 Å². The summed E-state index contributed by atoms with van der Waals surface area (Å²) < 4.78 is 8.50. The molecule has 7 heteroatoms. The largest absolute Gasteiger partial charge is 0.494 e. The summed E-state index contributed by atoms with van der Waals surface area (Å²) in [6.45, 7) is 2.55. The quantitative estimate of drug-likeness (QED) is 0.424. The summed E-state index contributed by atoms with van der Waals surface area (Å²) in [4.78, 5) is 21.7. The van der Waals surface area contributed by atoms with Crippen LogP contribution in [0.3, 0.4) is 0 Å². The van der Waals surface area contributed by atoms with Crippen LogP contribution in [0.5, 0.6) is 5.75 Å². The predicted octanol–water partition coefficient (Wildman–Crippen LogP) is 5.29. The van der Waals surface area contributed by atoms with Gasteiger partial charge in [-0.3, -0.25) is 14.7 Å². The molecule has 0 unspecified atom stereocenters. The summed E-state index contributed by atoms with van der Waals surface area (Å²) in [7, 11) is 0. The van der Waals surface area contributed by atoms with Gasteiger partial charge in [-0.1, -0.05) is 29.5 Å². The SMILES string of the molecule is CCOc1ccc2nc(NC(=O)c3ccc4c(c3)ncn4-c3ccccc3)sc2c1. The fourth-order valence-corrected chi connectivity index (χ4v) is 4.22. The zero-order valence-electron chi connectivity index (χ0n) is 16.2. The van der Waals surface area contributed by atoms with E-state index in [1.165, 1.54) is 11.3 Å². The topological polar surface area (TPSA) is 69.0 Å². The molecule has 5 aromatic rings. The van der Waals surface area contributed by atoms with E-state index in [2.05, 4.69) is 15.3 Å². The van der Waals surface area contributed by atoms with Crippen molar-refractivity contribution in [3.63, 3.8) is 0 Å². The number of carbonyl (C=O) groups excluding carboxylic acids is 1. The van der Waals surface area contributed by atoms with E-state index < -0.39 is 0 Å². The van der Waals surface area contributed by atoms with Gasteiger partial charge in [-0.05, 0) is 55.5 Å². The highest BCUT2D eigenvalue weighted by Crippen LogP contribution is 2.30. The summed E-state index contributed by atoms with van der Waals surface area (Å²) in [6.07, 6.45) is 1.77. The molecule has 5 rings (SSSR count). The Bertz CT molecular complexity index is 1360. The number of fused-ring (bicyclic) bond motifs is 2. The normalized spacial score (nSPS) is 11.1. The fourth-order valence-electron chi connectivity index (χ4n) is 3.33. The number of carbonyl (C=O) groups is 1. The second kappa shape index (κ2) is 7.61. The second-order valence-corrected chi connectivity index (χ2v) is 7.72. The number of nitrogens with one attached hydrogen (secondary N) is 1. The number of rotatable bonds is 5. The summed E-state index contributed by atoms with van der Waals surface area (Å²) in [6, 6.07) is 21.2. The maximum absolute atomic E-state index is 12.8. The lowest BCUT2D eigenvalue weighted by Crippen LogP contribution is -2.11. The van der Waals surface area contributed by atoms with Gasteiger partial charge in [-0.15, -0.1) is 0 Å². The Kier molecular flexibility index (Phi) is 4.65. The van der Waals surface area contributed by atoms with Gasteiger partial charge in [0, 0.05) is 11.3 Å². The van der Waals surface area contributed by atoms with Gasteiger partial charge >= 0.3 is 0 Å². The van der Waals surface area contributed by atoms with Gasteiger partial charge in [-0.2, -0.15) is 0 Å². The smallest absolute Gasteiger partial charge is 0.257 e. The van der Waals surface area contributed by atoms with E-state index in [-0.39, 0.29) is 5.91 Å². The molecule has 0 spiro atoms. The molecule has 0 atom stereocenters. The van der Waals surface area contributed by atoms with Crippen molar-refractivity contribution in [3.8, 4) is 11.4 Å². The Morgan fingerprint density at radius 3 is 2.77 bits per heavy atom. The minimum absolute atomic E-state index is 0.213. The summed E-state index contributed by atoms with van der Waals surface area (Å²) in [5.41, 5.74) is 4.10. The van der Waals surface area contributed by atoms with E-state index in [9.17, 15) is 4.79 Å². The molecule has 3 aromatic carbocycles. The molecule has 0 saturated heterocycles. The maximum Gasteiger partial charge on any atom is 0.257 e. The van der Waals surface area contributed by atoms with Crippen LogP contribution in [0, 0.1) is 0 Å². The Balaban J connectivity index is 1.40. The van der Waals surface area contributed by atoms with Crippen LogP contribution in [-0.4, -0.2) is 27.0 Å². The summed E-state index contributed by atoms with van der Waals surface area (Å²) in [5.74, 6) is 0.584. The Hall–Kier alpha value is -3.71. The molecule has 30 heavy (non-hydrogen) atoms. The molecular weight excluding hydrogens is 396 g/mol. The number of imidazole rings is 1. The number of amides is 1. The van der Waals surface area contributed by atoms with Gasteiger partial charge < -0.3 is 4.74 Å². The number of hydrogen-bond acceptors (Lipinski definition) is 5. The van der Waals surface area contributed by atoms with E-state index in [1.54, 1.807) is 18.5 Å². The molecule has 0 aliphatic heterocycles. The molecule has 1 N–H and O–H groups in total. The lowest BCUT2D eigenvalue weighted by Gasteiger charge is -2.05. The Morgan fingerprint density at radius 1 is 1.07 bits per heavy atom. The minimum atomic E-state index is -0.213. The van der Waals surface area contributed by atoms with Crippen molar-refractivity contribution in [2.75, 3.05) is 11.9 Å². The zero-order valence-corrected chi connectivity index (χ0v) is 17.0. The lowest BCUT2D eigenvalue weighted by molar-refractivity contribution is 0.102. The van der Waals surface area contributed by atoms with Crippen LogP contribution in [0.4, 0.5) is 5.13 Å². The van der Waals surface area contributed by atoms with Crippen molar-refractivity contribution >= 4 is 43.6 Å². The standard InChI is InChI=1S/C23H18N4O2S/c1-2-29-17-9-10-18-21(13-17)30-23(25-18)26-22(28)15-8-11-20-19(12-15)24-14-27(20)16-6-4-3-5-7-16/h3-14H,2H2,1H3,(H,25,26,28). The van der Waals surface area contributed by atoms with Gasteiger partial charge in [0.1, 0.15) is 12.1 Å². The first-order chi connectivity index (χ1) is 14.7. The first kappa shape index (κ1) is 18.3. The number of anilines is 1. The van der Waals surface area contributed by atoms with Crippen molar-refractivity contribution in [1.29, 1.82) is 0 Å². The number of thiazole rings is 1. The molecule has 0 radical (unpaired) electrons. The average Bonchev–Trinajstić information content (AvgIpc) is 3.37. The molecule has 1 amide bonds. The van der Waals surface area contributed by atoms with E-state index in [4.69, 9.17) is 4.74 Å². The molecule has 0 aliphatic rings. The van der Waals surface area contributed by atoms with Gasteiger partial charge in [-0.25, -0.2) is 9.97 Å². The van der Waals surface area contributed by atoms with Crippen molar-refractivity contribution < 1.29 is 9.53 Å². The molecular formula is C23H18N4O2S. The lowest BCUT2D eigenvalue weighted by atomic mass is 10.2. The summed E-state index contributed by atoms with van der Waals surface area (Å²) in [5, 5.41) is 3.45. The predicted molar refractivity (Wildman–Crippen MR) is 120 cm³/mol. The number of aromatic nitrogens is 3. The number of hydrogen-bond donors (Lipinski definition) is 1. The van der Waals surface area contributed by atoms with Crippen LogP contribution in [0.15, 0.2) is 73.1 Å². The van der Waals surface area contributed by atoms with Crippen LogP contribution >= 0.6 is 11.3 Å². The van der Waals surface area contributed by atoms with Gasteiger partial charge in [0.2, 0.25) is 0 Å². The molecule has 0 saturated carbocycles. The molecule has 2 heterocycles. The number of benzene rings is 3. The van der Waals surface area contributed by atoms with Gasteiger partial charge in [0.05, 0.1) is 27.9 Å². The van der Waals surface area contributed by atoms with Gasteiger partial charge in [0.15, 0.2) is 5.13 Å². The number of ether oxygens (including phenoxy) is 1. The zero-order chi connectivity index (χ0) is 20.5. The van der Waals surface area contributed by atoms with Crippen LogP contribution in [0.2, 0.25) is 0 Å². The first-order valence-corrected chi connectivity index (χ1v) is 10.4. The average molecular weight is 414 g/mol. The molecule has 6 nitrogen and oxygen atoms in total. The Morgan fingerprint density at radius 2 is 1.93 bits per heavy atom. The van der Waals surface area contributed by atoms with Crippen molar-refractivity contribution in [2.45, 2.75) is 6.92 Å². The third-order valence-corrected chi connectivity index (χ3v) is 5.67. The first-order valence-electron chi connectivity index (χ1n) is 9.58. The number of nitrogens with zero attached hydrogens (tertiary/aromatic N) is 3. The highest BCUT2D eigenvalue weighted by atomic mass is 32.1. The van der Waals surface area contributed by atoms with Crippen molar-refractivity contribution in [3.05, 3.63) is 78.6 Å². The van der Waals surface area contributed by atoms with Crippen molar-refractivity contribution in [1.82, 2.24) is 14.5 Å². The van der Waals surface area contributed by atoms with Crippen LogP contribution < -0.4 is 10.1 Å². The highest BCUT2D eigenvalue weighted by Gasteiger charge is 2.13. The minimum Gasteiger partial charge on any atom is -0.494 e. The molecule has 0 fully saturated rings. The molecule has 148 valence electrons. The van der Waals surface area contributed by atoms with E-state index >= 15 is 0 Å².